The zero-order valence-corrected chi connectivity index (χ0v) is 6.46. The minimum atomic E-state index is 0.612. The second kappa shape index (κ2) is 4.11. The summed E-state index contributed by atoms with van der Waals surface area (Å²) in [6.45, 7) is 0.612. The number of benzene rings is 1. The predicted molar refractivity (Wildman–Crippen MR) is 46.6 cm³/mol. The van der Waals surface area contributed by atoms with E-state index in [4.69, 9.17) is 11.5 Å². The van der Waals surface area contributed by atoms with Crippen LogP contribution in [-0.4, -0.2) is 6.54 Å². The molecule has 0 aromatic heterocycles. The highest BCUT2D eigenvalue weighted by Gasteiger charge is 2.03. The molecular formula is C9H13N2. The van der Waals surface area contributed by atoms with Crippen LogP contribution in [0.4, 0.5) is 0 Å². The van der Waals surface area contributed by atoms with Crippen molar-refractivity contribution in [3.8, 4) is 0 Å². The Balaban J connectivity index is 2.61. The van der Waals surface area contributed by atoms with Gasteiger partial charge < -0.3 is 11.5 Å². The van der Waals surface area contributed by atoms with E-state index in [9.17, 15) is 0 Å². The zero-order chi connectivity index (χ0) is 8.10. The maximum absolute atomic E-state index is 5.74. The maximum Gasteiger partial charge on any atom is 0.0647 e. The first-order valence-corrected chi connectivity index (χ1v) is 3.71. The van der Waals surface area contributed by atoms with E-state index in [1.54, 1.807) is 0 Å². The molecule has 0 bridgehead atoms. The Morgan fingerprint density at radius 3 is 2.36 bits per heavy atom. The first-order valence-electron chi connectivity index (χ1n) is 3.71. The first kappa shape index (κ1) is 8.24. The highest BCUT2D eigenvalue weighted by Crippen LogP contribution is 2.10. The molecule has 0 heterocycles. The molecule has 2 nitrogen and oxygen atoms in total. The van der Waals surface area contributed by atoms with Gasteiger partial charge in [-0.1, -0.05) is 30.3 Å². The van der Waals surface area contributed by atoms with Crippen molar-refractivity contribution in [1.82, 2.24) is 0 Å². The molecule has 1 radical (unpaired) electrons. The molecule has 0 aliphatic heterocycles. The van der Waals surface area contributed by atoms with Gasteiger partial charge in [0.05, 0.1) is 6.04 Å². The van der Waals surface area contributed by atoms with Gasteiger partial charge in [-0.05, 0) is 18.5 Å². The van der Waals surface area contributed by atoms with E-state index in [0.717, 1.165) is 18.0 Å². The molecule has 0 saturated carbocycles. The van der Waals surface area contributed by atoms with Gasteiger partial charge in [-0.15, -0.1) is 0 Å². The van der Waals surface area contributed by atoms with Gasteiger partial charge in [0.1, 0.15) is 0 Å². The number of rotatable bonds is 3. The van der Waals surface area contributed by atoms with Crippen LogP contribution in [0.5, 0.6) is 0 Å². The van der Waals surface area contributed by atoms with Crippen LogP contribution < -0.4 is 11.5 Å². The Morgan fingerprint density at radius 1 is 1.18 bits per heavy atom. The van der Waals surface area contributed by atoms with Gasteiger partial charge in [0.25, 0.3) is 0 Å². The minimum Gasteiger partial charge on any atom is -0.330 e. The normalized spacial score (nSPS) is 10.5. The molecule has 0 fully saturated rings. The summed E-state index contributed by atoms with van der Waals surface area (Å²) in [6.07, 6.45) is 0.768. The molecule has 0 aliphatic rings. The summed E-state index contributed by atoms with van der Waals surface area (Å²) in [5, 5.41) is 0. The smallest absolute Gasteiger partial charge is 0.0647 e. The van der Waals surface area contributed by atoms with Gasteiger partial charge >= 0.3 is 0 Å². The lowest BCUT2D eigenvalue weighted by atomic mass is 10.1. The van der Waals surface area contributed by atoms with Gasteiger partial charge in [0.2, 0.25) is 0 Å². The van der Waals surface area contributed by atoms with E-state index in [1.807, 2.05) is 30.3 Å². The molecule has 0 aliphatic carbocycles. The molecule has 1 aromatic carbocycles. The molecule has 1 rings (SSSR count). The number of nitrogens with two attached hydrogens (primary N) is 2. The average molecular weight is 149 g/mol. The Bertz CT molecular complexity index is 196. The molecule has 11 heavy (non-hydrogen) atoms. The summed E-state index contributed by atoms with van der Waals surface area (Å²) in [6, 6.07) is 10.8. The van der Waals surface area contributed by atoms with Crippen LogP contribution in [0.3, 0.4) is 0 Å². The van der Waals surface area contributed by atoms with Crippen LogP contribution >= 0.6 is 0 Å². The van der Waals surface area contributed by atoms with E-state index in [1.165, 1.54) is 0 Å². The van der Waals surface area contributed by atoms with Crippen molar-refractivity contribution in [3.05, 3.63) is 41.9 Å². The quantitative estimate of drug-likeness (QED) is 0.670. The van der Waals surface area contributed by atoms with Crippen molar-refractivity contribution in [3.63, 3.8) is 0 Å². The van der Waals surface area contributed by atoms with E-state index < -0.39 is 0 Å². The Kier molecular flexibility index (Phi) is 3.08. The standard InChI is InChI=1S/C9H13N2/c10-7-6-9(11)8-4-2-1-3-5-8/h1-5H,6-7,10-11H2. The Labute approximate surface area is 67.2 Å². The summed E-state index contributed by atoms with van der Waals surface area (Å²) in [5.74, 6) is 0. The van der Waals surface area contributed by atoms with Crippen LogP contribution in [-0.2, 0) is 0 Å². The molecule has 0 unspecified atom stereocenters. The van der Waals surface area contributed by atoms with E-state index >= 15 is 0 Å². The number of hydrogen-bond donors (Lipinski definition) is 2. The second-order valence-corrected chi connectivity index (χ2v) is 2.43. The molecular weight excluding hydrogens is 136 g/mol. The predicted octanol–water partition coefficient (Wildman–Crippen LogP) is 0.874. The van der Waals surface area contributed by atoms with Crippen molar-refractivity contribution >= 4 is 0 Å². The van der Waals surface area contributed by atoms with Crippen molar-refractivity contribution in [2.45, 2.75) is 6.42 Å². The molecule has 4 N–H and O–H groups in total. The minimum absolute atomic E-state index is 0.612. The van der Waals surface area contributed by atoms with Gasteiger partial charge in [0.15, 0.2) is 0 Å². The molecule has 59 valence electrons. The highest BCUT2D eigenvalue weighted by atomic mass is 14.7. The van der Waals surface area contributed by atoms with Crippen LogP contribution in [0.25, 0.3) is 0 Å². The maximum atomic E-state index is 5.74. The summed E-state index contributed by atoms with van der Waals surface area (Å²) < 4.78 is 0. The molecule has 0 spiro atoms. The summed E-state index contributed by atoms with van der Waals surface area (Å²) >= 11 is 0. The summed E-state index contributed by atoms with van der Waals surface area (Å²) in [5.41, 5.74) is 12.2. The summed E-state index contributed by atoms with van der Waals surface area (Å²) in [7, 11) is 0. The number of hydrogen-bond acceptors (Lipinski definition) is 2. The van der Waals surface area contributed by atoms with Crippen molar-refractivity contribution in [1.29, 1.82) is 0 Å². The van der Waals surface area contributed by atoms with Crippen LogP contribution in [0.15, 0.2) is 30.3 Å². The highest BCUT2D eigenvalue weighted by molar-refractivity contribution is 5.28. The van der Waals surface area contributed by atoms with Crippen molar-refractivity contribution in [2.24, 2.45) is 11.5 Å². The molecule has 0 saturated heterocycles. The lowest BCUT2D eigenvalue weighted by Gasteiger charge is -2.07. The third kappa shape index (κ3) is 2.33. The second-order valence-electron chi connectivity index (χ2n) is 2.43. The fourth-order valence-electron chi connectivity index (χ4n) is 0.952. The van der Waals surface area contributed by atoms with Gasteiger partial charge in [-0.2, -0.15) is 0 Å². The van der Waals surface area contributed by atoms with Crippen molar-refractivity contribution < 1.29 is 0 Å². The lowest BCUT2D eigenvalue weighted by molar-refractivity contribution is 0.845. The fourth-order valence-corrected chi connectivity index (χ4v) is 0.952. The van der Waals surface area contributed by atoms with E-state index in [2.05, 4.69) is 0 Å². The van der Waals surface area contributed by atoms with E-state index in [-0.39, 0.29) is 0 Å². The van der Waals surface area contributed by atoms with Crippen LogP contribution in [0.2, 0.25) is 0 Å². The molecule has 0 atom stereocenters. The van der Waals surface area contributed by atoms with Gasteiger partial charge in [0, 0.05) is 0 Å². The SMILES string of the molecule is NCC[C](N)c1ccccc1. The molecule has 2 heteroatoms. The Hall–Kier alpha value is -0.860. The molecule has 0 amide bonds. The lowest BCUT2D eigenvalue weighted by Crippen LogP contribution is -2.15. The van der Waals surface area contributed by atoms with Gasteiger partial charge in [-0.3, -0.25) is 0 Å². The third-order valence-electron chi connectivity index (χ3n) is 1.56. The molecule has 1 aromatic rings. The Morgan fingerprint density at radius 2 is 1.82 bits per heavy atom. The monoisotopic (exact) mass is 149 g/mol. The van der Waals surface area contributed by atoms with Crippen molar-refractivity contribution in [2.75, 3.05) is 6.54 Å². The van der Waals surface area contributed by atoms with Gasteiger partial charge in [-0.25, -0.2) is 0 Å². The summed E-state index contributed by atoms with van der Waals surface area (Å²) in [4.78, 5) is 0. The average Bonchev–Trinajstić information content (AvgIpc) is 2.07. The largest absolute Gasteiger partial charge is 0.330 e. The zero-order valence-electron chi connectivity index (χ0n) is 6.46. The fraction of sp³-hybridized carbons (Fsp3) is 0.222. The van der Waals surface area contributed by atoms with E-state index in [0.29, 0.717) is 6.54 Å². The first-order chi connectivity index (χ1) is 5.34. The topological polar surface area (TPSA) is 52.0 Å². The van der Waals surface area contributed by atoms with Crippen LogP contribution in [0, 0.1) is 6.04 Å². The van der Waals surface area contributed by atoms with Crippen LogP contribution in [0.1, 0.15) is 12.0 Å². The third-order valence-corrected chi connectivity index (χ3v) is 1.56.